The van der Waals surface area contributed by atoms with Crippen LogP contribution in [0.3, 0.4) is 0 Å². The number of nitrogens with zero attached hydrogens (tertiary/aromatic N) is 3. The number of para-hydroxylation sites is 1. The fourth-order valence-corrected chi connectivity index (χ4v) is 8.39. The van der Waals surface area contributed by atoms with Crippen molar-refractivity contribution in [3.05, 3.63) is 83.4 Å². The zero-order chi connectivity index (χ0) is 35.4. The molecule has 1 unspecified atom stereocenters. The number of rotatable bonds is 11. The van der Waals surface area contributed by atoms with Crippen LogP contribution < -0.4 is 9.62 Å². The average molecular weight is 722 g/mol. The Morgan fingerprint density at radius 2 is 1.79 bits per heavy atom. The molecular formula is C34H42Cl2N4O7S. The number of nitrogens with one attached hydrogen (secondary N) is 1. The molecule has 0 aromatic heterocycles. The third kappa shape index (κ3) is 7.67. The summed E-state index contributed by atoms with van der Waals surface area (Å²) in [5.41, 5.74) is -1.66. The van der Waals surface area contributed by atoms with Crippen molar-refractivity contribution in [2.75, 3.05) is 37.6 Å². The number of carbonyl (C=O) groups excluding carboxylic acids is 3. The second-order valence-electron chi connectivity index (χ2n) is 12.7. The van der Waals surface area contributed by atoms with Gasteiger partial charge in [0.05, 0.1) is 34.4 Å². The number of benzene rings is 2. The molecule has 4 rings (SSSR count). The molecule has 260 valence electrons. The van der Waals surface area contributed by atoms with E-state index in [9.17, 15) is 22.8 Å². The zero-order valence-electron chi connectivity index (χ0n) is 27.6. The van der Waals surface area contributed by atoms with Gasteiger partial charge in [-0.3, -0.25) is 18.8 Å². The first-order valence-electron chi connectivity index (χ1n) is 15.5. The molecule has 2 aromatic carbocycles. The van der Waals surface area contributed by atoms with Crippen molar-refractivity contribution in [2.45, 2.75) is 68.2 Å². The van der Waals surface area contributed by atoms with Gasteiger partial charge in [0.25, 0.3) is 15.9 Å². The standard InChI is InChI=1S/C34H42Cl2N4O7S/c1-7-16-34(17-11-19-39(34)32(43)47-33(3,4)5)31(42)38-21-26(28(22-38)46-6)37-30(41)23-14-15-25(36)29(20-23)48(44,45)40(18-8-2)27-13-10-9-12-24(27)35/h7-10,12-15,20,26,28H,1-2,11,16-19,21-22H2,3-6H3,(H,37,41)/t26-,28-,34?/m1/s1. The monoisotopic (exact) mass is 720 g/mol. The molecule has 2 fully saturated rings. The highest BCUT2D eigenvalue weighted by atomic mass is 35.5. The normalized spacial score (nSPS) is 21.1. The summed E-state index contributed by atoms with van der Waals surface area (Å²) in [6.07, 6.45) is 3.17. The highest BCUT2D eigenvalue weighted by Crippen LogP contribution is 2.38. The van der Waals surface area contributed by atoms with E-state index in [0.29, 0.717) is 19.4 Å². The van der Waals surface area contributed by atoms with Crippen LogP contribution in [0.4, 0.5) is 10.5 Å². The first kappa shape index (κ1) is 37.2. The summed E-state index contributed by atoms with van der Waals surface area (Å²) in [5, 5.41) is 3.03. The fraction of sp³-hybridized carbons (Fsp3) is 0.441. The van der Waals surface area contributed by atoms with Crippen molar-refractivity contribution in [3.8, 4) is 0 Å². The Balaban J connectivity index is 1.58. The van der Waals surface area contributed by atoms with E-state index in [-0.39, 0.29) is 58.2 Å². The van der Waals surface area contributed by atoms with Gasteiger partial charge in [-0.25, -0.2) is 13.2 Å². The lowest BCUT2D eigenvalue weighted by atomic mass is 9.90. The van der Waals surface area contributed by atoms with Gasteiger partial charge in [0, 0.05) is 32.3 Å². The Labute approximate surface area is 292 Å². The van der Waals surface area contributed by atoms with Crippen molar-refractivity contribution in [2.24, 2.45) is 0 Å². The number of likely N-dealkylation sites (tertiary alicyclic amines) is 2. The van der Waals surface area contributed by atoms with Crippen molar-refractivity contribution in [1.29, 1.82) is 0 Å². The molecule has 2 saturated heterocycles. The van der Waals surface area contributed by atoms with E-state index in [1.54, 1.807) is 56.0 Å². The average Bonchev–Trinajstić information content (AvgIpc) is 3.64. The summed E-state index contributed by atoms with van der Waals surface area (Å²) in [5.74, 6) is -0.874. The summed E-state index contributed by atoms with van der Waals surface area (Å²) in [6.45, 7) is 13.3. The third-order valence-electron chi connectivity index (χ3n) is 8.33. The number of ether oxygens (including phenoxy) is 2. The van der Waals surface area contributed by atoms with Gasteiger partial charge in [-0.05, 0) is 70.4 Å². The van der Waals surface area contributed by atoms with Crippen molar-refractivity contribution < 1.29 is 32.3 Å². The van der Waals surface area contributed by atoms with Crippen LogP contribution in [0, 0.1) is 0 Å². The summed E-state index contributed by atoms with van der Waals surface area (Å²) >= 11 is 12.7. The Morgan fingerprint density at radius 3 is 2.42 bits per heavy atom. The summed E-state index contributed by atoms with van der Waals surface area (Å²) in [4.78, 5) is 43.8. The smallest absolute Gasteiger partial charge is 0.411 e. The second-order valence-corrected chi connectivity index (χ2v) is 15.4. The van der Waals surface area contributed by atoms with Crippen LogP contribution in [0.25, 0.3) is 0 Å². The van der Waals surface area contributed by atoms with Gasteiger partial charge in [0.1, 0.15) is 16.0 Å². The number of methoxy groups -OCH3 is 1. The molecular weight excluding hydrogens is 679 g/mol. The van der Waals surface area contributed by atoms with E-state index >= 15 is 0 Å². The molecule has 2 aliphatic rings. The molecule has 14 heteroatoms. The lowest BCUT2D eigenvalue weighted by Gasteiger charge is -2.39. The van der Waals surface area contributed by atoms with Crippen LogP contribution in [-0.2, 0) is 24.3 Å². The molecule has 3 amide bonds. The molecule has 2 aliphatic heterocycles. The molecule has 2 heterocycles. The Bertz CT molecular complexity index is 1680. The minimum absolute atomic E-state index is 0.0327. The van der Waals surface area contributed by atoms with Crippen molar-refractivity contribution in [1.82, 2.24) is 15.1 Å². The zero-order valence-corrected chi connectivity index (χ0v) is 29.9. The van der Waals surface area contributed by atoms with Gasteiger partial charge in [0.2, 0.25) is 5.91 Å². The van der Waals surface area contributed by atoms with Gasteiger partial charge in [0.15, 0.2) is 0 Å². The number of amides is 3. The van der Waals surface area contributed by atoms with Crippen LogP contribution in [0.5, 0.6) is 0 Å². The minimum Gasteiger partial charge on any atom is -0.444 e. The maximum atomic E-state index is 14.2. The maximum absolute atomic E-state index is 14.2. The predicted octanol–water partition coefficient (Wildman–Crippen LogP) is 5.68. The Morgan fingerprint density at radius 1 is 1.08 bits per heavy atom. The summed E-state index contributed by atoms with van der Waals surface area (Å²) in [6, 6.07) is 9.78. The Kier molecular flexibility index (Phi) is 11.6. The number of hydrogen-bond acceptors (Lipinski definition) is 7. The molecule has 2 aromatic rings. The molecule has 48 heavy (non-hydrogen) atoms. The van der Waals surface area contributed by atoms with Crippen molar-refractivity contribution in [3.63, 3.8) is 0 Å². The second kappa shape index (κ2) is 14.9. The van der Waals surface area contributed by atoms with Gasteiger partial charge in [-0.15, -0.1) is 13.2 Å². The van der Waals surface area contributed by atoms with E-state index in [1.807, 2.05) is 0 Å². The van der Waals surface area contributed by atoms with E-state index in [2.05, 4.69) is 18.5 Å². The van der Waals surface area contributed by atoms with Gasteiger partial charge in [-0.2, -0.15) is 0 Å². The molecule has 0 saturated carbocycles. The van der Waals surface area contributed by atoms with E-state index in [0.717, 1.165) is 4.31 Å². The minimum atomic E-state index is -4.30. The summed E-state index contributed by atoms with van der Waals surface area (Å²) in [7, 11) is -2.81. The number of halogens is 2. The molecule has 3 atom stereocenters. The third-order valence-corrected chi connectivity index (χ3v) is 10.9. The number of anilines is 1. The molecule has 0 radical (unpaired) electrons. The van der Waals surface area contributed by atoms with Gasteiger partial charge >= 0.3 is 6.09 Å². The SMILES string of the molecule is C=CCN(c1ccccc1Cl)S(=O)(=O)c1cc(C(=O)N[C@@H]2CN(C(=O)C3(CC=C)CCCN3C(=O)OC(C)(C)C)C[C@H]2OC)ccc1Cl. The fourth-order valence-electron chi connectivity index (χ4n) is 6.14. The van der Waals surface area contributed by atoms with Crippen LogP contribution in [0.2, 0.25) is 10.0 Å². The van der Waals surface area contributed by atoms with Crippen LogP contribution in [0.1, 0.15) is 50.4 Å². The number of sulfonamides is 1. The van der Waals surface area contributed by atoms with Crippen LogP contribution in [0.15, 0.2) is 72.7 Å². The summed E-state index contributed by atoms with van der Waals surface area (Å²) < 4.78 is 40.1. The quantitative estimate of drug-likeness (QED) is 0.296. The largest absolute Gasteiger partial charge is 0.444 e. The van der Waals surface area contributed by atoms with Gasteiger partial charge in [-0.1, -0.05) is 47.5 Å². The van der Waals surface area contributed by atoms with Crippen LogP contribution in [-0.4, -0.2) is 92.7 Å². The number of carbonyl (C=O) groups is 3. The maximum Gasteiger partial charge on any atom is 0.411 e. The highest BCUT2D eigenvalue weighted by molar-refractivity contribution is 7.93. The first-order chi connectivity index (χ1) is 22.6. The van der Waals surface area contributed by atoms with E-state index in [4.69, 9.17) is 32.7 Å². The Hall–Kier alpha value is -3.58. The van der Waals surface area contributed by atoms with Gasteiger partial charge < -0.3 is 19.7 Å². The predicted molar refractivity (Wildman–Crippen MR) is 186 cm³/mol. The lowest BCUT2D eigenvalue weighted by molar-refractivity contribution is -0.142. The first-order valence-corrected chi connectivity index (χ1v) is 17.7. The molecule has 11 nitrogen and oxygen atoms in total. The molecule has 0 bridgehead atoms. The van der Waals surface area contributed by atoms with E-state index < -0.39 is 45.3 Å². The van der Waals surface area contributed by atoms with Crippen molar-refractivity contribution >= 4 is 56.8 Å². The molecule has 1 N–H and O–H groups in total. The van der Waals surface area contributed by atoms with E-state index in [1.165, 1.54) is 36.3 Å². The number of hydrogen-bond donors (Lipinski definition) is 1. The lowest BCUT2D eigenvalue weighted by Crippen LogP contribution is -2.58. The molecule has 0 aliphatic carbocycles. The topological polar surface area (TPSA) is 126 Å². The highest BCUT2D eigenvalue weighted by Gasteiger charge is 2.53. The molecule has 0 spiro atoms. The van der Waals surface area contributed by atoms with Crippen LogP contribution >= 0.6 is 23.2 Å².